The SMILES string of the molecule is O=C1C(Sc2ccc(Cl)cc2)=C(N2CCN(c3ccccc3)CC2)C(=O)N1c1ccccc1. The van der Waals surface area contributed by atoms with Crippen LogP contribution < -0.4 is 9.80 Å². The molecule has 0 aromatic heterocycles. The standard InChI is InChI=1S/C26H22ClN3O2S/c27-19-11-13-22(14-12-19)33-24-23(25(31)30(26(24)32)21-9-5-2-6-10-21)29-17-15-28(16-18-29)20-7-3-1-4-8-20/h1-14H,15-18H2. The Bertz CT molecular complexity index is 1190. The summed E-state index contributed by atoms with van der Waals surface area (Å²) >= 11 is 7.36. The number of piperazine rings is 1. The van der Waals surface area contributed by atoms with Crippen LogP contribution in [0.4, 0.5) is 11.4 Å². The van der Waals surface area contributed by atoms with Crippen molar-refractivity contribution in [3.05, 3.63) is 101 Å². The third kappa shape index (κ3) is 4.36. The van der Waals surface area contributed by atoms with E-state index in [1.807, 2.05) is 48.5 Å². The summed E-state index contributed by atoms with van der Waals surface area (Å²) < 4.78 is 0. The Morgan fingerprint density at radius 2 is 1.18 bits per heavy atom. The van der Waals surface area contributed by atoms with Crippen molar-refractivity contribution in [3.63, 3.8) is 0 Å². The lowest BCUT2D eigenvalue weighted by molar-refractivity contribution is -0.121. The topological polar surface area (TPSA) is 43.9 Å². The van der Waals surface area contributed by atoms with E-state index in [2.05, 4.69) is 21.9 Å². The van der Waals surface area contributed by atoms with Gasteiger partial charge in [-0.15, -0.1) is 0 Å². The predicted octanol–water partition coefficient (Wildman–Crippen LogP) is 5.04. The van der Waals surface area contributed by atoms with Gasteiger partial charge in [0.2, 0.25) is 0 Å². The quantitative estimate of drug-likeness (QED) is 0.484. The maximum absolute atomic E-state index is 13.6. The lowest BCUT2D eigenvalue weighted by atomic mass is 10.2. The van der Waals surface area contributed by atoms with Crippen LogP contribution in [-0.4, -0.2) is 42.9 Å². The lowest BCUT2D eigenvalue weighted by Gasteiger charge is -2.37. The number of hydrogen-bond acceptors (Lipinski definition) is 5. The molecule has 2 aliphatic heterocycles. The van der Waals surface area contributed by atoms with Crippen molar-refractivity contribution >= 4 is 46.6 Å². The highest BCUT2D eigenvalue weighted by atomic mass is 35.5. The van der Waals surface area contributed by atoms with E-state index >= 15 is 0 Å². The molecule has 5 nitrogen and oxygen atoms in total. The number of anilines is 2. The van der Waals surface area contributed by atoms with Crippen LogP contribution in [0.15, 0.2) is 100 Å². The molecular weight excluding hydrogens is 454 g/mol. The van der Waals surface area contributed by atoms with Crippen LogP contribution >= 0.6 is 23.4 Å². The molecule has 0 atom stereocenters. The van der Waals surface area contributed by atoms with Gasteiger partial charge in [0, 0.05) is 41.8 Å². The Balaban J connectivity index is 1.45. The number of para-hydroxylation sites is 2. The van der Waals surface area contributed by atoms with Crippen LogP contribution in [-0.2, 0) is 9.59 Å². The molecule has 3 aromatic carbocycles. The molecule has 2 amide bonds. The Hall–Kier alpha value is -3.22. The van der Waals surface area contributed by atoms with Gasteiger partial charge in [-0.3, -0.25) is 9.59 Å². The number of nitrogens with zero attached hydrogens (tertiary/aromatic N) is 3. The van der Waals surface area contributed by atoms with Gasteiger partial charge in [-0.25, -0.2) is 4.90 Å². The number of rotatable bonds is 5. The summed E-state index contributed by atoms with van der Waals surface area (Å²) in [6, 6.07) is 26.7. The highest BCUT2D eigenvalue weighted by Gasteiger charge is 2.43. The summed E-state index contributed by atoms with van der Waals surface area (Å²) in [7, 11) is 0. The highest BCUT2D eigenvalue weighted by molar-refractivity contribution is 8.04. The van der Waals surface area contributed by atoms with Gasteiger partial charge in [0.15, 0.2) is 0 Å². The summed E-state index contributed by atoms with van der Waals surface area (Å²) in [6.07, 6.45) is 0. The normalized spacial score (nSPS) is 16.7. The Kier molecular flexibility index (Phi) is 6.11. The number of benzene rings is 3. The number of hydrogen-bond donors (Lipinski definition) is 0. The zero-order valence-corrected chi connectivity index (χ0v) is 19.4. The lowest BCUT2D eigenvalue weighted by Crippen LogP contribution is -2.47. The molecule has 0 spiro atoms. The molecule has 1 saturated heterocycles. The van der Waals surface area contributed by atoms with Gasteiger partial charge in [-0.1, -0.05) is 59.8 Å². The van der Waals surface area contributed by atoms with Gasteiger partial charge in [-0.05, 0) is 48.5 Å². The van der Waals surface area contributed by atoms with Crippen LogP contribution in [0.2, 0.25) is 5.02 Å². The zero-order valence-electron chi connectivity index (χ0n) is 17.9. The molecule has 0 aliphatic carbocycles. The molecule has 1 fully saturated rings. The van der Waals surface area contributed by atoms with Gasteiger partial charge >= 0.3 is 0 Å². The van der Waals surface area contributed by atoms with Gasteiger partial charge in [0.25, 0.3) is 11.8 Å². The fraction of sp³-hybridized carbons (Fsp3) is 0.154. The zero-order chi connectivity index (χ0) is 22.8. The van der Waals surface area contributed by atoms with Crippen LogP contribution in [0, 0.1) is 0 Å². The number of imide groups is 1. The van der Waals surface area contributed by atoms with Crippen LogP contribution in [0.1, 0.15) is 0 Å². The first-order chi connectivity index (χ1) is 16.1. The summed E-state index contributed by atoms with van der Waals surface area (Å²) in [5.41, 5.74) is 2.23. The van der Waals surface area contributed by atoms with Gasteiger partial charge < -0.3 is 9.80 Å². The molecule has 166 valence electrons. The van der Waals surface area contributed by atoms with Crippen molar-refractivity contribution in [3.8, 4) is 0 Å². The minimum Gasteiger partial charge on any atom is -0.368 e. The fourth-order valence-corrected chi connectivity index (χ4v) is 5.25. The second-order valence-electron chi connectivity index (χ2n) is 7.82. The molecule has 0 radical (unpaired) electrons. The van der Waals surface area contributed by atoms with Crippen molar-refractivity contribution in [1.29, 1.82) is 0 Å². The molecule has 3 aromatic rings. The molecule has 2 aliphatic rings. The van der Waals surface area contributed by atoms with Crippen molar-refractivity contribution in [2.45, 2.75) is 4.90 Å². The fourth-order valence-electron chi connectivity index (χ4n) is 4.13. The maximum Gasteiger partial charge on any atom is 0.283 e. The van der Waals surface area contributed by atoms with Crippen LogP contribution in [0.25, 0.3) is 0 Å². The highest BCUT2D eigenvalue weighted by Crippen LogP contribution is 2.39. The van der Waals surface area contributed by atoms with Crippen molar-refractivity contribution in [1.82, 2.24) is 4.90 Å². The average molecular weight is 476 g/mol. The molecule has 0 N–H and O–H groups in total. The monoisotopic (exact) mass is 475 g/mol. The number of carbonyl (C=O) groups excluding carboxylic acids is 2. The van der Waals surface area contributed by atoms with Crippen molar-refractivity contribution in [2.24, 2.45) is 0 Å². The second kappa shape index (κ2) is 9.33. The molecule has 0 unspecified atom stereocenters. The Morgan fingerprint density at radius 1 is 0.636 bits per heavy atom. The van der Waals surface area contributed by atoms with E-state index in [9.17, 15) is 9.59 Å². The van der Waals surface area contributed by atoms with E-state index in [0.29, 0.717) is 34.4 Å². The first-order valence-corrected chi connectivity index (χ1v) is 12.0. The maximum atomic E-state index is 13.6. The summed E-state index contributed by atoms with van der Waals surface area (Å²) in [6.45, 7) is 2.88. The van der Waals surface area contributed by atoms with E-state index < -0.39 is 0 Å². The van der Waals surface area contributed by atoms with E-state index in [1.54, 1.807) is 24.3 Å². The molecule has 33 heavy (non-hydrogen) atoms. The number of amides is 2. The summed E-state index contributed by atoms with van der Waals surface area (Å²) in [4.78, 5) is 34.0. The smallest absolute Gasteiger partial charge is 0.283 e. The predicted molar refractivity (Wildman–Crippen MR) is 133 cm³/mol. The molecule has 7 heteroatoms. The third-order valence-electron chi connectivity index (χ3n) is 5.78. The molecule has 0 bridgehead atoms. The average Bonchev–Trinajstić information content (AvgIpc) is 3.10. The third-order valence-corrected chi connectivity index (χ3v) is 7.12. The number of halogens is 1. The second-order valence-corrected chi connectivity index (χ2v) is 9.34. The van der Waals surface area contributed by atoms with E-state index in [4.69, 9.17) is 11.6 Å². The van der Waals surface area contributed by atoms with Gasteiger partial charge in [-0.2, -0.15) is 0 Å². The van der Waals surface area contributed by atoms with E-state index in [1.165, 1.54) is 22.3 Å². The van der Waals surface area contributed by atoms with Crippen LogP contribution in [0.3, 0.4) is 0 Å². The van der Waals surface area contributed by atoms with Crippen molar-refractivity contribution in [2.75, 3.05) is 36.0 Å². The molecular formula is C26H22ClN3O2S. The molecule has 5 rings (SSSR count). The summed E-state index contributed by atoms with van der Waals surface area (Å²) in [5, 5.41) is 0.630. The van der Waals surface area contributed by atoms with Crippen LogP contribution in [0.5, 0.6) is 0 Å². The molecule has 0 saturated carbocycles. The largest absolute Gasteiger partial charge is 0.368 e. The molecule has 2 heterocycles. The minimum atomic E-state index is -0.286. The van der Waals surface area contributed by atoms with E-state index in [0.717, 1.165) is 18.0 Å². The Labute approximate surface area is 202 Å². The first-order valence-electron chi connectivity index (χ1n) is 10.8. The van der Waals surface area contributed by atoms with Gasteiger partial charge in [0.05, 0.1) is 5.69 Å². The van der Waals surface area contributed by atoms with Crippen molar-refractivity contribution < 1.29 is 9.59 Å². The minimum absolute atomic E-state index is 0.268. The first kappa shape index (κ1) is 21.6. The number of carbonyl (C=O) groups is 2. The summed E-state index contributed by atoms with van der Waals surface area (Å²) in [5.74, 6) is -0.553. The Morgan fingerprint density at radius 3 is 1.79 bits per heavy atom. The van der Waals surface area contributed by atoms with Gasteiger partial charge in [0.1, 0.15) is 10.6 Å². The van der Waals surface area contributed by atoms with E-state index in [-0.39, 0.29) is 11.8 Å². The number of thioether (sulfide) groups is 1.